The summed E-state index contributed by atoms with van der Waals surface area (Å²) in [6.45, 7) is 10.1. The first kappa shape index (κ1) is 22.7. The molecule has 184 valence electrons. The summed E-state index contributed by atoms with van der Waals surface area (Å²) in [6.07, 6.45) is 1.88. The molecule has 0 aliphatic carbocycles. The molecule has 0 N–H and O–H groups in total. The van der Waals surface area contributed by atoms with Crippen molar-refractivity contribution < 1.29 is 4.74 Å². The van der Waals surface area contributed by atoms with Gasteiger partial charge in [0.2, 0.25) is 5.95 Å². The van der Waals surface area contributed by atoms with Crippen LogP contribution in [0.5, 0.6) is 0 Å². The third-order valence-corrected chi connectivity index (χ3v) is 7.24. The summed E-state index contributed by atoms with van der Waals surface area (Å²) in [4.78, 5) is 21.8. The second kappa shape index (κ2) is 9.74. The number of aromatic nitrogens is 3. The van der Waals surface area contributed by atoms with Crippen LogP contribution in [-0.2, 0) is 4.74 Å². The minimum atomic E-state index is 0.289. The summed E-state index contributed by atoms with van der Waals surface area (Å²) >= 11 is 0. The normalized spacial score (nSPS) is 18.6. The highest BCUT2D eigenvalue weighted by atomic mass is 16.5. The highest BCUT2D eigenvalue weighted by Gasteiger charge is 2.28. The maximum atomic E-state index is 5.59. The number of aryl methyl sites for hydroxylation is 1. The van der Waals surface area contributed by atoms with Gasteiger partial charge in [-0.2, -0.15) is 4.98 Å². The van der Waals surface area contributed by atoms with E-state index < -0.39 is 0 Å². The molecule has 7 nitrogen and oxygen atoms in total. The number of pyridine rings is 1. The minimum Gasteiger partial charge on any atom is -0.378 e. The maximum absolute atomic E-state index is 5.59. The fourth-order valence-corrected chi connectivity index (χ4v) is 5.27. The third kappa shape index (κ3) is 4.46. The predicted octanol–water partition coefficient (Wildman–Crippen LogP) is 4.55. The standard InChI is InChI=1S/C29H32N6O/c1-21-6-5-11-30-28(21)34-12-13-35(22(2)20-34)27-19-26(31-29(32-27)33-14-16-36-17-15-33)25-10-9-23-7-3-4-8-24(23)18-25/h3-11,18-19,22H,12-17,20H2,1-2H3/t22-/m1/s1. The number of benzene rings is 2. The second-order valence-electron chi connectivity index (χ2n) is 9.71. The van der Waals surface area contributed by atoms with Crippen LogP contribution in [0.2, 0.25) is 0 Å². The number of nitrogens with zero attached hydrogens (tertiary/aromatic N) is 6. The first-order valence-corrected chi connectivity index (χ1v) is 12.8. The summed E-state index contributed by atoms with van der Waals surface area (Å²) < 4.78 is 5.59. The summed E-state index contributed by atoms with van der Waals surface area (Å²) in [5.74, 6) is 2.85. The molecular weight excluding hydrogens is 448 g/mol. The number of anilines is 3. The van der Waals surface area contributed by atoms with Gasteiger partial charge >= 0.3 is 0 Å². The Morgan fingerprint density at radius 3 is 2.47 bits per heavy atom. The lowest BCUT2D eigenvalue weighted by Gasteiger charge is -2.41. The third-order valence-electron chi connectivity index (χ3n) is 7.24. The number of ether oxygens (including phenoxy) is 1. The number of piperazine rings is 1. The summed E-state index contributed by atoms with van der Waals surface area (Å²) in [5, 5.41) is 2.45. The van der Waals surface area contributed by atoms with E-state index in [1.165, 1.54) is 16.3 Å². The largest absolute Gasteiger partial charge is 0.378 e. The maximum Gasteiger partial charge on any atom is 0.228 e. The van der Waals surface area contributed by atoms with E-state index in [1.807, 2.05) is 12.3 Å². The molecule has 2 fully saturated rings. The Balaban J connectivity index is 1.35. The van der Waals surface area contributed by atoms with Crippen LogP contribution in [0.25, 0.3) is 22.0 Å². The van der Waals surface area contributed by atoms with Gasteiger partial charge in [-0.05, 0) is 42.3 Å². The molecule has 7 heteroatoms. The van der Waals surface area contributed by atoms with E-state index in [2.05, 4.69) is 88.1 Å². The van der Waals surface area contributed by atoms with Gasteiger partial charge in [-0.25, -0.2) is 9.97 Å². The van der Waals surface area contributed by atoms with Crippen LogP contribution in [0.1, 0.15) is 12.5 Å². The molecule has 0 saturated carbocycles. The molecule has 2 saturated heterocycles. The fraction of sp³-hybridized carbons (Fsp3) is 0.345. The molecule has 2 aromatic heterocycles. The van der Waals surface area contributed by atoms with E-state index in [0.717, 1.165) is 61.6 Å². The lowest BCUT2D eigenvalue weighted by Crippen LogP contribution is -2.53. The summed E-state index contributed by atoms with van der Waals surface area (Å²) in [7, 11) is 0. The zero-order valence-corrected chi connectivity index (χ0v) is 21.0. The molecule has 4 aromatic rings. The second-order valence-corrected chi connectivity index (χ2v) is 9.71. The van der Waals surface area contributed by atoms with Gasteiger partial charge in [0.15, 0.2) is 0 Å². The lowest BCUT2D eigenvalue weighted by molar-refractivity contribution is 0.122. The van der Waals surface area contributed by atoms with E-state index in [9.17, 15) is 0 Å². The number of morpholine rings is 1. The molecular formula is C29H32N6O. The van der Waals surface area contributed by atoms with E-state index in [1.54, 1.807) is 0 Å². The van der Waals surface area contributed by atoms with Gasteiger partial charge in [0.25, 0.3) is 0 Å². The van der Waals surface area contributed by atoms with Crippen LogP contribution < -0.4 is 14.7 Å². The van der Waals surface area contributed by atoms with Crippen LogP contribution in [0, 0.1) is 6.92 Å². The molecule has 6 rings (SSSR count). The van der Waals surface area contributed by atoms with Crippen molar-refractivity contribution in [3.8, 4) is 11.3 Å². The molecule has 0 spiro atoms. The Labute approximate surface area is 212 Å². The zero-order valence-electron chi connectivity index (χ0n) is 21.0. The Bertz CT molecular complexity index is 1370. The first-order chi connectivity index (χ1) is 17.7. The lowest BCUT2D eigenvalue weighted by atomic mass is 10.0. The molecule has 0 radical (unpaired) electrons. The molecule has 0 unspecified atom stereocenters. The van der Waals surface area contributed by atoms with Gasteiger partial charge in [-0.1, -0.05) is 42.5 Å². The summed E-state index contributed by atoms with van der Waals surface area (Å²) in [6, 6.07) is 21.6. The van der Waals surface area contributed by atoms with E-state index in [0.29, 0.717) is 13.2 Å². The quantitative estimate of drug-likeness (QED) is 0.425. The van der Waals surface area contributed by atoms with Crippen LogP contribution >= 0.6 is 0 Å². The molecule has 4 heterocycles. The number of fused-ring (bicyclic) bond motifs is 1. The van der Waals surface area contributed by atoms with E-state index >= 15 is 0 Å². The molecule has 2 aliphatic rings. The zero-order chi connectivity index (χ0) is 24.5. The minimum absolute atomic E-state index is 0.289. The van der Waals surface area contributed by atoms with Crippen molar-refractivity contribution >= 4 is 28.4 Å². The van der Waals surface area contributed by atoms with Gasteiger partial charge < -0.3 is 19.4 Å². The van der Waals surface area contributed by atoms with Crippen molar-refractivity contribution in [2.75, 3.05) is 60.6 Å². The number of rotatable bonds is 4. The Morgan fingerprint density at radius 1 is 0.833 bits per heavy atom. The van der Waals surface area contributed by atoms with Gasteiger partial charge in [-0.15, -0.1) is 0 Å². The van der Waals surface area contributed by atoms with E-state index in [-0.39, 0.29) is 6.04 Å². The van der Waals surface area contributed by atoms with Crippen molar-refractivity contribution in [1.82, 2.24) is 15.0 Å². The molecule has 2 aliphatic heterocycles. The summed E-state index contributed by atoms with van der Waals surface area (Å²) in [5.41, 5.74) is 3.29. The topological polar surface area (TPSA) is 57.6 Å². The molecule has 1 atom stereocenters. The monoisotopic (exact) mass is 480 g/mol. The molecule has 0 bridgehead atoms. The van der Waals surface area contributed by atoms with Crippen molar-refractivity contribution in [1.29, 1.82) is 0 Å². The van der Waals surface area contributed by atoms with Crippen LogP contribution in [0.15, 0.2) is 66.9 Å². The highest BCUT2D eigenvalue weighted by Crippen LogP contribution is 2.30. The molecule has 0 amide bonds. The van der Waals surface area contributed by atoms with Crippen molar-refractivity contribution in [3.05, 3.63) is 72.4 Å². The predicted molar refractivity (Wildman–Crippen MR) is 146 cm³/mol. The van der Waals surface area contributed by atoms with Gasteiger partial charge in [0.1, 0.15) is 11.6 Å². The Hall–Kier alpha value is -3.71. The van der Waals surface area contributed by atoms with Gasteiger partial charge in [0, 0.05) is 56.6 Å². The number of hydrogen-bond acceptors (Lipinski definition) is 7. The SMILES string of the molecule is Cc1cccnc1N1CCN(c2cc(-c3ccc4ccccc4c3)nc(N3CCOCC3)n2)[C@H](C)C1. The van der Waals surface area contributed by atoms with Gasteiger partial charge in [0.05, 0.1) is 18.9 Å². The average Bonchev–Trinajstić information content (AvgIpc) is 2.93. The van der Waals surface area contributed by atoms with Gasteiger partial charge in [-0.3, -0.25) is 0 Å². The first-order valence-electron chi connectivity index (χ1n) is 12.8. The van der Waals surface area contributed by atoms with E-state index in [4.69, 9.17) is 14.7 Å². The van der Waals surface area contributed by atoms with Crippen molar-refractivity contribution in [2.45, 2.75) is 19.9 Å². The fourth-order valence-electron chi connectivity index (χ4n) is 5.27. The Kier molecular flexibility index (Phi) is 6.15. The highest BCUT2D eigenvalue weighted by molar-refractivity contribution is 5.87. The number of hydrogen-bond donors (Lipinski definition) is 0. The smallest absolute Gasteiger partial charge is 0.228 e. The van der Waals surface area contributed by atoms with Crippen molar-refractivity contribution in [2.24, 2.45) is 0 Å². The molecule has 2 aromatic carbocycles. The van der Waals surface area contributed by atoms with Crippen LogP contribution in [0.3, 0.4) is 0 Å². The average molecular weight is 481 g/mol. The van der Waals surface area contributed by atoms with Crippen molar-refractivity contribution in [3.63, 3.8) is 0 Å². The van der Waals surface area contributed by atoms with Crippen LogP contribution in [-0.4, -0.2) is 66.9 Å². The van der Waals surface area contributed by atoms with Crippen LogP contribution in [0.4, 0.5) is 17.6 Å². The molecule has 36 heavy (non-hydrogen) atoms. The Morgan fingerprint density at radius 2 is 1.67 bits per heavy atom.